The number of rotatable bonds is 6. The molecule has 0 aliphatic carbocycles. The van der Waals surface area contributed by atoms with Gasteiger partial charge in [0.1, 0.15) is 4.90 Å². The summed E-state index contributed by atoms with van der Waals surface area (Å²) < 4.78 is 35.6. The molecule has 0 amide bonds. The Kier molecular flexibility index (Phi) is 6.02. The third-order valence-corrected chi connectivity index (χ3v) is 8.68. The standard InChI is InChI=1S/C23H24N4O4S2/c1-2-16-13-31-17(12-28)11-27(16)33(29,30)22-5-3-4-18-19(8-9-24-23(18)22)26-15-6-7-21-20(10-15)25-14-32-21/h3-10,14,16-17,28H,2,11-13H2,1H3,(H,24,26)/t16-,17+/m1/s1. The second-order valence-corrected chi connectivity index (χ2v) is 10.7. The van der Waals surface area contributed by atoms with Gasteiger partial charge in [-0.3, -0.25) is 4.98 Å². The van der Waals surface area contributed by atoms with E-state index in [2.05, 4.69) is 15.3 Å². The van der Waals surface area contributed by atoms with Crippen LogP contribution in [-0.4, -0.2) is 59.7 Å². The van der Waals surface area contributed by atoms with Crippen molar-refractivity contribution in [2.45, 2.75) is 30.4 Å². The molecule has 2 atom stereocenters. The van der Waals surface area contributed by atoms with E-state index in [4.69, 9.17) is 4.74 Å². The summed E-state index contributed by atoms with van der Waals surface area (Å²) in [5.41, 5.74) is 4.74. The maximum atomic E-state index is 13.7. The van der Waals surface area contributed by atoms with Gasteiger partial charge in [-0.05, 0) is 36.8 Å². The lowest BCUT2D eigenvalue weighted by molar-refractivity contribution is -0.0562. The van der Waals surface area contributed by atoms with E-state index in [9.17, 15) is 13.5 Å². The van der Waals surface area contributed by atoms with Crippen LogP contribution in [0.5, 0.6) is 0 Å². The van der Waals surface area contributed by atoms with Gasteiger partial charge in [0.15, 0.2) is 0 Å². The fourth-order valence-electron chi connectivity index (χ4n) is 4.14. The number of thiazole rings is 1. The first-order valence-electron chi connectivity index (χ1n) is 10.7. The average Bonchev–Trinajstić information content (AvgIpc) is 3.31. The zero-order chi connectivity index (χ0) is 23.0. The molecule has 8 nitrogen and oxygen atoms in total. The van der Waals surface area contributed by atoms with Gasteiger partial charge in [0.05, 0.1) is 40.6 Å². The molecular weight excluding hydrogens is 460 g/mol. The molecule has 0 radical (unpaired) electrons. The van der Waals surface area contributed by atoms with E-state index in [1.165, 1.54) is 4.31 Å². The molecule has 2 aromatic carbocycles. The fourth-order valence-corrected chi connectivity index (χ4v) is 6.68. The largest absolute Gasteiger partial charge is 0.394 e. The Bertz CT molecular complexity index is 1410. The van der Waals surface area contributed by atoms with Crippen LogP contribution in [0.4, 0.5) is 11.4 Å². The molecule has 1 fully saturated rings. The molecular formula is C23H24N4O4S2. The molecule has 0 spiro atoms. The Morgan fingerprint density at radius 3 is 2.94 bits per heavy atom. The van der Waals surface area contributed by atoms with Crippen LogP contribution < -0.4 is 5.32 Å². The van der Waals surface area contributed by atoms with Crippen molar-refractivity contribution < 1.29 is 18.3 Å². The van der Waals surface area contributed by atoms with Crippen LogP contribution in [0, 0.1) is 0 Å². The number of fused-ring (bicyclic) bond motifs is 2. The average molecular weight is 485 g/mol. The van der Waals surface area contributed by atoms with Gasteiger partial charge in [-0.2, -0.15) is 4.31 Å². The topological polar surface area (TPSA) is 105 Å². The van der Waals surface area contributed by atoms with Gasteiger partial charge in [-0.15, -0.1) is 11.3 Å². The van der Waals surface area contributed by atoms with Gasteiger partial charge >= 0.3 is 0 Å². The molecule has 1 aliphatic heterocycles. The molecule has 4 aromatic rings. The van der Waals surface area contributed by atoms with Crippen molar-refractivity contribution in [3.63, 3.8) is 0 Å². The number of nitrogens with one attached hydrogen (secondary N) is 1. The van der Waals surface area contributed by atoms with Crippen LogP contribution in [0.25, 0.3) is 21.1 Å². The number of aromatic nitrogens is 2. The van der Waals surface area contributed by atoms with Crippen molar-refractivity contribution in [2.75, 3.05) is 25.1 Å². The predicted molar refractivity (Wildman–Crippen MR) is 129 cm³/mol. The van der Waals surface area contributed by atoms with Crippen molar-refractivity contribution >= 4 is 53.9 Å². The first kappa shape index (κ1) is 22.2. The number of anilines is 2. The predicted octanol–water partition coefficient (Wildman–Crippen LogP) is 3.75. The number of para-hydroxylation sites is 1. The number of sulfonamides is 1. The third kappa shape index (κ3) is 4.09. The molecule has 5 rings (SSSR count). The molecule has 2 aromatic heterocycles. The van der Waals surface area contributed by atoms with Crippen molar-refractivity contribution in [1.82, 2.24) is 14.3 Å². The van der Waals surface area contributed by atoms with Crippen LogP contribution >= 0.6 is 11.3 Å². The van der Waals surface area contributed by atoms with Crippen LogP contribution in [0.15, 0.2) is 59.1 Å². The SMILES string of the molecule is CC[C@@H]1CO[C@H](CO)CN1S(=O)(=O)c1cccc2c(Nc3ccc4scnc4c3)ccnc12. The summed E-state index contributed by atoms with van der Waals surface area (Å²) >= 11 is 1.58. The lowest BCUT2D eigenvalue weighted by atomic mass is 10.1. The van der Waals surface area contributed by atoms with Gasteiger partial charge in [0, 0.05) is 35.5 Å². The van der Waals surface area contributed by atoms with E-state index < -0.39 is 16.1 Å². The monoisotopic (exact) mass is 484 g/mol. The van der Waals surface area contributed by atoms with E-state index >= 15 is 0 Å². The zero-order valence-electron chi connectivity index (χ0n) is 18.0. The van der Waals surface area contributed by atoms with E-state index in [1.807, 2.05) is 42.8 Å². The minimum atomic E-state index is -3.86. The van der Waals surface area contributed by atoms with Crippen LogP contribution in [0.1, 0.15) is 13.3 Å². The number of aliphatic hydroxyl groups is 1. The highest BCUT2D eigenvalue weighted by Gasteiger charge is 2.37. The Morgan fingerprint density at radius 1 is 1.24 bits per heavy atom. The molecule has 10 heteroatoms. The van der Waals surface area contributed by atoms with Crippen molar-refractivity contribution in [1.29, 1.82) is 0 Å². The maximum Gasteiger partial charge on any atom is 0.245 e. The molecule has 1 aliphatic rings. The van der Waals surface area contributed by atoms with Gasteiger partial charge < -0.3 is 15.2 Å². The van der Waals surface area contributed by atoms with E-state index in [1.54, 1.807) is 29.7 Å². The van der Waals surface area contributed by atoms with Crippen LogP contribution in [0.2, 0.25) is 0 Å². The second-order valence-electron chi connectivity index (χ2n) is 7.95. The van der Waals surface area contributed by atoms with E-state index in [0.29, 0.717) is 17.3 Å². The Hall–Kier alpha value is -2.63. The first-order valence-corrected chi connectivity index (χ1v) is 13.1. The van der Waals surface area contributed by atoms with Gasteiger partial charge in [-0.25, -0.2) is 13.4 Å². The molecule has 33 heavy (non-hydrogen) atoms. The maximum absolute atomic E-state index is 13.7. The minimum absolute atomic E-state index is 0.110. The van der Waals surface area contributed by atoms with Crippen LogP contribution in [-0.2, 0) is 14.8 Å². The minimum Gasteiger partial charge on any atom is -0.394 e. The van der Waals surface area contributed by atoms with E-state index in [0.717, 1.165) is 21.6 Å². The summed E-state index contributed by atoms with van der Waals surface area (Å²) in [6.07, 6.45) is 1.68. The lowest BCUT2D eigenvalue weighted by Crippen LogP contribution is -2.52. The fraction of sp³-hybridized carbons (Fsp3) is 0.304. The molecule has 3 heterocycles. The molecule has 1 saturated heterocycles. The van der Waals surface area contributed by atoms with Gasteiger partial charge in [0.2, 0.25) is 10.0 Å². The summed E-state index contributed by atoms with van der Waals surface area (Å²) in [6.45, 7) is 2.07. The Labute approximate surface area is 195 Å². The molecule has 0 saturated carbocycles. The lowest BCUT2D eigenvalue weighted by Gasteiger charge is -2.37. The number of morpholine rings is 1. The highest BCUT2D eigenvalue weighted by atomic mass is 32.2. The van der Waals surface area contributed by atoms with Crippen LogP contribution in [0.3, 0.4) is 0 Å². The summed E-state index contributed by atoms with van der Waals surface area (Å²) in [6, 6.07) is 12.7. The number of benzene rings is 2. The smallest absolute Gasteiger partial charge is 0.245 e. The third-order valence-electron chi connectivity index (χ3n) is 5.92. The number of ether oxygens (including phenoxy) is 1. The molecule has 0 bridgehead atoms. The van der Waals surface area contributed by atoms with Gasteiger partial charge in [0.25, 0.3) is 0 Å². The second kappa shape index (κ2) is 8.96. The highest BCUT2D eigenvalue weighted by molar-refractivity contribution is 7.89. The quantitative estimate of drug-likeness (QED) is 0.429. The van der Waals surface area contributed by atoms with Gasteiger partial charge in [-0.1, -0.05) is 19.1 Å². The van der Waals surface area contributed by atoms with E-state index in [-0.39, 0.29) is 30.7 Å². The number of aliphatic hydroxyl groups excluding tert-OH is 1. The first-order chi connectivity index (χ1) is 16.0. The Balaban J connectivity index is 1.55. The normalized spacial score (nSPS) is 19.8. The number of nitrogens with zero attached hydrogens (tertiary/aromatic N) is 3. The summed E-state index contributed by atoms with van der Waals surface area (Å²) in [5, 5.41) is 13.6. The highest BCUT2D eigenvalue weighted by Crippen LogP contribution is 2.33. The summed E-state index contributed by atoms with van der Waals surface area (Å²) in [4.78, 5) is 8.95. The zero-order valence-corrected chi connectivity index (χ0v) is 19.6. The Morgan fingerprint density at radius 2 is 2.12 bits per heavy atom. The number of pyridine rings is 1. The number of hydrogen-bond donors (Lipinski definition) is 2. The molecule has 0 unspecified atom stereocenters. The van der Waals surface area contributed by atoms with Crippen molar-refractivity contribution in [2.24, 2.45) is 0 Å². The molecule has 172 valence electrons. The summed E-state index contributed by atoms with van der Waals surface area (Å²) in [5.74, 6) is 0. The van der Waals surface area contributed by atoms with Crippen molar-refractivity contribution in [3.8, 4) is 0 Å². The molecule has 2 N–H and O–H groups in total. The number of hydrogen-bond acceptors (Lipinski definition) is 8. The summed E-state index contributed by atoms with van der Waals surface area (Å²) in [7, 11) is -3.86. The van der Waals surface area contributed by atoms with Crippen molar-refractivity contribution in [3.05, 3.63) is 54.2 Å².